The molecular formula is C21H24N2O5. The number of rotatable bonds is 9. The maximum Gasteiger partial charge on any atom is 0.321 e. The molecule has 1 atom stereocenters. The molecule has 3 rings (SSSR count). The number of benzene rings is 2. The van der Waals surface area contributed by atoms with Crippen molar-refractivity contribution in [3.63, 3.8) is 0 Å². The van der Waals surface area contributed by atoms with Crippen molar-refractivity contribution in [3.8, 4) is 17.2 Å². The average molecular weight is 384 g/mol. The van der Waals surface area contributed by atoms with E-state index in [-0.39, 0.29) is 0 Å². The minimum Gasteiger partial charge on any atom is -0.496 e. The van der Waals surface area contributed by atoms with E-state index in [0.717, 1.165) is 22.0 Å². The second-order valence-electron chi connectivity index (χ2n) is 6.35. The number of ether oxygens (including phenoxy) is 3. The van der Waals surface area contributed by atoms with Gasteiger partial charge in [0.05, 0.1) is 21.3 Å². The quantitative estimate of drug-likeness (QED) is 0.525. The van der Waals surface area contributed by atoms with Crippen molar-refractivity contribution >= 4 is 16.9 Å². The Morgan fingerprint density at radius 2 is 1.71 bits per heavy atom. The number of aliphatic carboxylic acids is 1. The van der Waals surface area contributed by atoms with Gasteiger partial charge in [0.1, 0.15) is 11.8 Å². The van der Waals surface area contributed by atoms with Crippen molar-refractivity contribution in [2.75, 3.05) is 21.3 Å². The number of aromatic amines is 1. The van der Waals surface area contributed by atoms with E-state index in [1.54, 1.807) is 33.5 Å². The van der Waals surface area contributed by atoms with Gasteiger partial charge in [-0.2, -0.15) is 0 Å². The van der Waals surface area contributed by atoms with Crippen LogP contribution >= 0.6 is 0 Å². The second-order valence-corrected chi connectivity index (χ2v) is 6.35. The van der Waals surface area contributed by atoms with Gasteiger partial charge in [0.15, 0.2) is 11.5 Å². The molecule has 0 aliphatic heterocycles. The largest absolute Gasteiger partial charge is 0.496 e. The fraction of sp³-hybridized carbons (Fsp3) is 0.286. The first kappa shape index (κ1) is 19.6. The standard InChI is InChI=1S/C21H24N2O5/c1-26-18-10-20(28-3)19(27-2)9-14(18)12-23-17(21(24)25)8-13-11-22-16-7-5-4-6-15(13)16/h4-7,9-11,17,22-23H,8,12H2,1-3H3,(H,24,25)/t17-/m0/s1. The molecule has 148 valence electrons. The number of hydrogen-bond acceptors (Lipinski definition) is 5. The molecule has 3 aromatic rings. The number of carboxylic acids is 1. The van der Waals surface area contributed by atoms with E-state index in [2.05, 4.69) is 10.3 Å². The summed E-state index contributed by atoms with van der Waals surface area (Å²) >= 11 is 0. The highest BCUT2D eigenvalue weighted by molar-refractivity contribution is 5.84. The van der Waals surface area contributed by atoms with E-state index in [1.165, 1.54) is 0 Å². The summed E-state index contributed by atoms with van der Waals surface area (Å²) in [5.41, 5.74) is 2.73. The lowest BCUT2D eigenvalue weighted by Crippen LogP contribution is -2.38. The molecule has 0 saturated heterocycles. The summed E-state index contributed by atoms with van der Waals surface area (Å²) in [4.78, 5) is 15.0. The van der Waals surface area contributed by atoms with Gasteiger partial charge < -0.3 is 24.3 Å². The van der Waals surface area contributed by atoms with E-state index in [4.69, 9.17) is 14.2 Å². The molecule has 0 fully saturated rings. The molecule has 0 aliphatic rings. The van der Waals surface area contributed by atoms with Crippen LogP contribution in [-0.2, 0) is 17.8 Å². The average Bonchev–Trinajstić information content (AvgIpc) is 3.13. The molecule has 0 amide bonds. The van der Waals surface area contributed by atoms with Crippen molar-refractivity contribution < 1.29 is 24.1 Å². The van der Waals surface area contributed by atoms with Crippen molar-refractivity contribution in [2.24, 2.45) is 0 Å². The van der Waals surface area contributed by atoms with Crippen LogP contribution in [0, 0.1) is 0 Å². The SMILES string of the molecule is COc1cc(OC)c(OC)cc1CN[C@@H](Cc1c[nH]c2ccccc12)C(=O)O. The Morgan fingerprint density at radius 3 is 2.39 bits per heavy atom. The maximum absolute atomic E-state index is 11.8. The fourth-order valence-corrected chi connectivity index (χ4v) is 3.23. The van der Waals surface area contributed by atoms with Crippen molar-refractivity contribution in [1.29, 1.82) is 0 Å². The van der Waals surface area contributed by atoms with Crippen LogP contribution in [0.2, 0.25) is 0 Å². The number of carboxylic acid groups (broad SMARTS) is 1. The van der Waals surface area contributed by atoms with Crippen LogP contribution in [0.1, 0.15) is 11.1 Å². The molecule has 1 heterocycles. The van der Waals surface area contributed by atoms with Gasteiger partial charge in [-0.05, 0) is 17.7 Å². The summed E-state index contributed by atoms with van der Waals surface area (Å²) in [5, 5.41) is 13.8. The molecule has 7 heteroatoms. The van der Waals surface area contributed by atoms with Crippen LogP contribution < -0.4 is 19.5 Å². The normalized spacial score (nSPS) is 12.0. The molecule has 0 spiro atoms. The van der Waals surface area contributed by atoms with Crippen molar-refractivity contribution in [2.45, 2.75) is 19.0 Å². The topological polar surface area (TPSA) is 92.8 Å². The first-order chi connectivity index (χ1) is 13.6. The Labute approximate surface area is 163 Å². The number of methoxy groups -OCH3 is 3. The fourth-order valence-electron chi connectivity index (χ4n) is 3.23. The summed E-state index contributed by atoms with van der Waals surface area (Å²) in [6, 6.07) is 10.6. The highest BCUT2D eigenvalue weighted by Gasteiger charge is 2.20. The first-order valence-corrected chi connectivity index (χ1v) is 8.87. The minimum atomic E-state index is -0.912. The molecule has 0 aliphatic carbocycles. The third-order valence-corrected chi connectivity index (χ3v) is 4.72. The Morgan fingerprint density at radius 1 is 1.04 bits per heavy atom. The van der Waals surface area contributed by atoms with Gasteiger partial charge in [0.25, 0.3) is 0 Å². The predicted molar refractivity (Wildman–Crippen MR) is 106 cm³/mol. The molecule has 0 unspecified atom stereocenters. The molecule has 7 nitrogen and oxygen atoms in total. The van der Waals surface area contributed by atoms with Gasteiger partial charge in [0, 0.05) is 41.7 Å². The maximum atomic E-state index is 11.8. The number of hydrogen-bond donors (Lipinski definition) is 3. The summed E-state index contributed by atoms with van der Waals surface area (Å²) in [6.07, 6.45) is 2.22. The summed E-state index contributed by atoms with van der Waals surface area (Å²) in [5.74, 6) is 0.798. The first-order valence-electron chi connectivity index (χ1n) is 8.87. The van der Waals surface area contributed by atoms with Gasteiger partial charge in [-0.3, -0.25) is 10.1 Å². The summed E-state index contributed by atoms with van der Waals surface area (Å²) in [6.45, 7) is 0.308. The van der Waals surface area contributed by atoms with Crippen LogP contribution in [0.25, 0.3) is 10.9 Å². The Kier molecular flexibility index (Phi) is 6.06. The van der Waals surface area contributed by atoms with Crippen molar-refractivity contribution in [3.05, 3.63) is 53.7 Å². The number of aromatic nitrogens is 1. The molecule has 28 heavy (non-hydrogen) atoms. The lowest BCUT2D eigenvalue weighted by atomic mass is 10.0. The van der Waals surface area contributed by atoms with Crippen LogP contribution in [-0.4, -0.2) is 43.4 Å². The number of para-hydroxylation sites is 1. The van der Waals surface area contributed by atoms with Gasteiger partial charge in [0.2, 0.25) is 0 Å². The molecular weight excluding hydrogens is 360 g/mol. The van der Waals surface area contributed by atoms with Crippen molar-refractivity contribution in [1.82, 2.24) is 10.3 Å². The lowest BCUT2D eigenvalue weighted by molar-refractivity contribution is -0.139. The predicted octanol–water partition coefficient (Wildman–Crippen LogP) is 2.98. The summed E-state index contributed by atoms with van der Waals surface area (Å²) < 4.78 is 16.0. The molecule has 1 aromatic heterocycles. The summed E-state index contributed by atoms with van der Waals surface area (Å²) in [7, 11) is 4.67. The van der Waals surface area contributed by atoms with E-state index in [9.17, 15) is 9.90 Å². The Bertz CT molecular complexity index is 967. The molecule has 3 N–H and O–H groups in total. The van der Waals surface area contributed by atoms with Gasteiger partial charge >= 0.3 is 5.97 Å². The lowest BCUT2D eigenvalue weighted by Gasteiger charge is -2.17. The highest BCUT2D eigenvalue weighted by atomic mass is 16.5. The van der Waals surface area contributed by atoms with Crippen LogP contribution in [0.15, 0.2) is 42.6 Å². The third kappa shape index (κ3) is 4.04. The number of nitrogens with one attached hydrogen (secondary N) is 2. The van der Waals surface area contributed by atoms with Gasteiger partial charge in [-0.1, -0.05) is 18.2 Å². The monoisotopic (exact) mass is 384 g/mol. The van der Waals surface area contributed by atoms with E-state index < -0.39 is 12.0 Å². The molecule has 0 saturated carbocycles. The van der Waals surface area contributed by atoms with E-state index >= 15 is 0 Å². The Hall–Kier alpha value is -3.19. The number of carbonyl (C=O) groups is 1. The number of H-pyrrole nitrogens is 1. The number of fused-ring (bicyclic) bond motifs is 1. The highest BCUT2D eigenvalue weighted by Crippen LogP contribution is 2.34. The van der Waals surface area contributed by atoms with Gasteiger partial charge in [-0.15, -0.1) is 0 Å². The zero-order valence-electron chi connectivity index (χ0n) is 16.1. The molecule has 2 aromatic carbocycles. The minimum absolute atomic E-state index is 0.308. The molecule has 0 radical (unpaired) electrons. The van der Waals surface area contributed by atoms with Crippen LogP contribution in [0.4, 0.5) is 0 Å². The van der Waals surface area contributed by atoms with E-state index in [0.29, 0.717) is 30.2 Å². The third-order valence-electron chi connectivity index (χ3n) is 4.72. The smallest absolute Gasteiger partial charge is 0.321 e. The second kappa shape index (κ2) is 8.67. The zero-order valence-corrected chi connectivity index (χ0v) is 16.1. The molecule has 0 bridgehead atoms. The zero-order chi connectivity index (χ0) is 20.1. The van der Waals surface area contributed by atoms with E-state index in [1.807, 2.05) is 30.5 Å². The Balaban J connectivity index is 1.79. The van der Waals surface area contributed by atoms with Gasteiger partial charge in [-0.25, -0.2) is 0 Å². The van der Waals surface area contributed by atoms with Crippen LogP contribution in [0.5, 0.6) is 17.2 Å². The van der Waals surface area contributed by atoms with Crippen LogP contribution in [0.3, 0.4) is 0 Å².